The summed E-state index contributed by atoms with van der Waals surface area (Å²) in [5.74, 6) is 0.155. The van der Waals surface area contributed by atoms with Crippen molar-refractivity contribution in [3.05, 3.63) is 30.5 Å². The largest absolute Gasteiger partial charge is 0.494 e. The van der Waals surface area contributed by atoms with Gasteiger partial charge >= 0.3 is 5.97 Å². The molecular formula is C15H19NO4. The van der Waals surface area contributed by atoms with Crippen molar-refractivity contribution in [3.63, 3.8) is 0 Å². The van der Waals surface area contributed by atoms with Gasteiger partial charge in [0.15, 0.2) is 5.60 Å². The minimum Gasteiger partial charge on any atom is -0.494 e. The summed E-state index contributed by atoms with van der Waals surface area (Å²) in [5, 5.41) is 11.1. The topological polar surface area (TPSA) is 60.7 Å². The number of esters is 1. The van der Waals surface area contributed by atoms with E-state index in [1.165, 1.54) is 14.0 Å². The minimum atomic E-state index is -1.56. The second-order valence-corrected chi connectivity index (χ2v) is 4.86. The number of rotatable bonds is 5. The Balaban J connectivity index is 2.30. The molecule has 0 saturated heterocycles. The van der Waals surface area contributed by atoms with Crippen molar-refractivity contribution in [1.82, 2.24) is 4.57 Å². The van der Waals surface area contributed by atoms with Crippen LogP contribution < -0.4 is 4.74 Å². The van der Waals surface area contributed by atoms with Crippen LogP contribution in [0.5, 0.6) is 5.75 Å². The molecule has 1 aromatic carbocycles. The number of aliphatic hydroxyl groups is 1. The molecule has 108 valence electrons. The Kier molecular flexibility index (Phi) is 3.99. The van der Waals surface area contributed by atoms with E-state index in [9.17, 15) is 9.90 Å². The van der Waals surface area contributed by atoms with Crippen LogP contribution in [0.15, 0.2) is 30.5 Å². The van der Waals surface area contributed by atoms with Crippen molar-refractivity contribution in [2.75, 3.05) is 13.7 Å². The van der Waals surface area contributed by atoms with Gasteiger partial charge in [0.1, 0.15) is 5.75 Å². The molecule has 0 aliphatic carbocycles. The molecule has 0 amide bonds. The lowest BCUT2D eigenvalue weighted by molar-refractivity contribution is -0.161. The van der Waals surface area contributed by atoms with Crippen LogP contribution in [0.3, 0.4) is 0 Å². The van der Waals surface area contributed by atoms with Crippen molar-refractivity contribution in [2.24, 2.45) is 0 Å². The molecule has 1 aromatic heterocycles. The quantitative estimate of drug-likeness (QED) is 0.849. The van der Waals surface area contributed by atoms with Crippen LogP contribution in [0.2, 0.25) is 0 Å². The number of hydrogen-bond donors (Lipinski definition) is 1. The third-order valence-corrected chi connectivity index (χ3v) is 3.16. The van der Waals surface area contributed by atoms with Gasteiger partial charge in [0, 0.05) is 17.1 Å². The van der Waals surface area contributed by atoms with E-state index in [-0.39, 0.29) is 6.54 Å². The minimum absolute atomic E-state index is 0.136. The smallest absolute Gasteiger partial charge is 0.339 e. The van der Waals surface area contributed by atoms with Crippen LogP contribution in [0.1, 0.15) is 13.8 Å². The van der Waals surface area contributed by atoms with E-state index < -0.39 is 11.6 Å². The summed E-state index contributed by atoms with van der Waals surface area (Å²) in [6.07, 6.45) is 1.83. The fourth-order valence-corrected chi connectivity index (χ4v) is 2.19. The van der Waals surface area contributed by atoms with Crippen LogP contribution in [0.4, 0.5) is 0 Å². The summed E-state index contributed by atoms with van der Waals surface area (Å²) in [7, 11) is 1.26. The standard InChI is InChI=1S/C15H19NO4/c1-4-20-12-5-6-13-11(9-12)7-8-16(13)10-15(2,18)14(17)19-3/h5-9,18H,4,10H2,1-3H3. The van der Waals surface area contributed by atoms with Gasteiger partial charge in [-0.2, -0.15) is 0 Å². The molecule has 0 fully saturated rings. The molecule has 2 aromatic rings. The average Bonchev–Trinajstić information content (AvgIpc) is 2.80. The zero-order valence-electron chi connectivity index (χ0n) is 11.9. The number of ether oxygens (including phenoxy) is 2. The zero-order chi connectivity index (χ0) is 14.8. The molecule has 1 heterocycles. The summed E-state index contributed by atoms with van der Waals surface area (Å²) in [6, 6.07) is 7.64. The molecule has 0 spiro atoms. The maximum Gasteiger partial charge on any atom is 0.339 e. The summed E-state index contributed by atoms with van der Waals surface area (Å²) >= 11 is 0. The highest BCUT2D eigenvalue weighted by atomic mass is 16.5. The van der Waals surface area contributed by atoms with Crippen molar-refractivity contribution >= 4 is 16.9 Å². The summed E-state index contributed by atoms with van der Waals surface area (Å²) < 4.78 is 11.9. The van der Waals surface area contributed by atoms with Crippen LogP contribution in [-0.2, 0) is 16.1 Å². The third-order valence-electron chi connectivity index (χ3n) is 3.16. The first-order chi connectivity index (χ1) is 9.47. The number of carbonyl (C=O) groups is 1. The van der Waals surface area contributed by atoms with Gasteiger partial charge in [0.05, 0.1) is 20.3 Å². The number of benzene rings is 1. The van der Waals surface area contributed by atoms with Gasteiger partial charge in [-0.3, -0.25) is 0 Å². The normalized spacial score (nSPS) is 14.0. The van der Waals surface area contributed by atoms with Crippen molar-refractivity contribution in [3.8, 4) is 5.75 Å². The molecule has 1 atom stereocenters. The van der Waals surface area contributed by atoms with Gasteiger partial charge in [-0.15, -0.1) is 0 Å². The molecule has 0 bridgehead atoms. The number of fused-ring (bicyclic) bond motifs is 1. The Morgan fingerprint density at radius 1 is 1.40 bits per heavy atom. The van der Waals surface area contributed by atoms with E-state index in [0.29, 0.717) is 6.61 Å². The van der Waals surface area contributed by atoms with Gasteiger partial charge in [0.2, 0.25) is 0 Å². The van der Waals surface area contributed by atoms with Gasteiger partial charge < -0.3 is 19.1 Å². The van der Waals surface area contributed by atoms with E-state index in [4.69, 9.17) is 4.74 Å². The molecule has 5 heteroatoms. The summed E-state index contributed by atoms with van der Waals surface area (Å²) in [5.41, 5.74) is -0.628. The maximum atomic E-state index is 11.5. The van der Waals surface area contributed by atoms with Crippen LogP contribution in [0.25, 0.3) is 10.9 Å². The zero-order valence-corrected chi connectivity index (χ0v) is 11.9. The Hall–Kier alpha value is -2.01. The molecular weight excluding hydrogens is 258 g/mol. The lowest BCUT2D eigenvalue weighted by Crippen LogP contribution is -2.40. The van der Waals surface area contributed by atoms with Crippen molar-refractivity contribution in [1.29, 1.82) is 0 Å². The lowest BCUT2D eigenvalue weighted by Gasteiger charge is -2.21. The van der Waals surface area contributed by atoms with E-state index in [0.717, 1.165) is 16.7 Å². The second-order valence-electron chi connectivity index (χ2n) is 4.86. The molecule has 5 nitrogen and oxygen atoms in total. The highest BCUT2D eigenvalue weighted by Gasteiger charge is 2.32. The van der Waals surface area contributed by atoms with Gasteiger partial charge in [-0.25, -0.2) is 4.79 Å². The fraction of sp³-hybridized carbons (Fsp3) is 0.400. The summed E-state index contributed by atoms with van der Waals surface area (Å²) in [4.78, 5) is 11.5. The molecule has 2 rings (SSSR count). The second kappa shape index (κ2) is 5.54. The van der Waals surface area contributed by atoms with Gasteiger partial charge in [0.25, 0.3) is 0 Å². The van der Waals surface area contributed by atoms with Crippen LogP contribution in [0, 0.1) is 0 Å². The number of hydrogen-bond acceptors (Lipinski definition) is 4. The molecule has 0 aliphatic rings. The maximum absolute atomic E-state index is 11.5. The SMILES string of the molecule is CCOc1ccc2c(ccn2CC(C)(O)C(=O)OC)c1. The molecule has 1 unspecified atom stereocenters. The highest BCUT2D eigenvalue weighted by molar-refractivity contribution is 5.83. The van der Waals surface area contributed by atoms with E-state index in [1.807, 2.05) is 42.0 Å². The Labute approximate surface area is 117 Å². The molecule has 0 aliphatic heterocycles. The Morgan fingerprint density at radius 3 is 2.80 bits per heavy atom. The van der Waals surface area contributed by atoms with Crippen molar-refractivity contribution < 1.29 is 19.4 Å². The average molecular weight is 277 g/mol. The molecule has 0 radical (unpaired) electrons. The fourth-order valence-electron chi connectivity index (χ4n) is 2.19. The Bertz CT molecular complexity index is 615. The first kappa shape index (κ1) is 14.4. The predicted molar refractivity (Wildman–Crippen MR) is 75.7 cm³/mol. The third kappa shape index (κ3) is 2.77. The first-order valence-electron chi connectivity index (χ1n) is 6.50. The van der Waals surface area contributed by atoms with Crippen LogP contribution >= 0.6 is 0 Å². The van der Waals surface area contributed by atoms with Gasteiger partial charge in [-0.1, -0.05) is 0 Å². The number of methoxy groups -OCH3 is 1. The molecule has 20 heavy (non-hydrogen) atoms. The van der Waals surface area contributed by atoms with E-state index in [1.54, 1.807) is 0 Å². The van der Waals surface area contributed by atoms with Crippen LogP contribution in [-0.4, -0.2) is 35.0 Å². The Morgan fingerprint density at radius 2 is 2.15 bits per heavy atom. The van der Waals surface area contributed by atoms with E-state index >= 15 is 0 Å². The monoisotopic (exact) mass is 277 g/mol. The summed E-state index contributed by atoms with van der Waals surface area (Å²) in [6.45, 7) is 4.13. The highest BCUT2D eigenvalue weighted by Crippen LogP contribution is 2.23. The van der Waals surface area contributed by atoms with Crippen molar-refractivity contribution in [2.45, 2.75) is 26.0 Å². The molecule has 0 saturated carbocycles. The number of aromatic nitrogens is 1. The lowest BCUT2D eigenvalue weighted by atomic mass is 10.1. The number of nitrogens with zero attached hydrogens (tertiary/aromatic N) is 1. The van der Waals surface area contributed by atoms with Gasteiger partial charge in [-0.05, 0) is 38.1 Å². The number of carbonyl (C=O) groups excluding carboxylic acids is 1. The van der Waals surface area contributed by atoms with E-state index in [2.05, 4.69) is 4.74 Å². The molecule has 1 N–H and O–H groups in total. The first-order valence-corrected chi connectivity index (χ1v) is 6.50. The predicted octanol–water partition coefficient (Wildman–Crippen LogP) is 1.96.